The maximum Gasteiger partial charge on any atom is 0.340 e. The number of methoxy groups -OCH3 is 1. The molecule has 0 N–H and O–H groups in total. The zero-order chi connectivity index (χ0) is 25.6. The Bertz CT molecular complexity index is 1430. The van der Waals surface area contributed by atoms with Gasteiger partial charge >= 0.3 is 5.97 Å². The second-order valence-corrected chi connectivity index (χ2v) is 9.60. The fraction of sp³-hybridized carbons (Fsp3) is 0.214. The van der Waals surface area contributed by atoms with Gasteiger partial charge in [0, 0.05) is 27.8 Å². The number of amides is 1. The van der Waals surface area contributed by atoms with Crippen LogP contribution < -0.4 is 4.90 Å². The number of carbonyl (C=O) groups excluding carboxylic acids is 2. The fourth-order valence-corrected chi connectivity index (χ4v) is 5.06. The number of aromatic nitrogens is 1. The maximum atomic E-state index is 13.7. The molecule has 0 atom stereocenters. The molecular formula is C28H26Cl2N2O3. The lowest BCUT2D eigenvalue weighted by Gasteiger charge is -2.19. The molecule has 1 aliphatic rings. The second-order valence-electron chi connectivity index (χ2n) is 8.75. The Morgan fingerprint density at radius 3 is 2.23 bits per heavy atom. The zero-order valence-corrected chi connectivity index (χ0v) is 22.0. The third-order valence-electron chi connectivity index (χ3n) is 6.17. The average molecular weight is 509 g/mol. The van der Waals surface area contributed by atoms with Crippen molar-refractivity contribution in [2.75, 3.05) is 12.0 Å². The zero-order valence-electron chi connectivity index (χ0n) is 20.5. The predicted molar refractivity (Wildman–Crippen MR) is 141 cm³/mol. The van der Waals surface area contributed by atoms with E-state index in [1.165, 1.54) is 7.11 Å². The quantitative estimate of drug-likeness (QED) is 0.284. The maximum absolute atomic E-state index is 13.7. The van der Waals surface area contributed by atoms with Crippen molar-refractivity contribution in [2.24, 2.45) is 0 Å². The highest BCUT2D eigenvalue weighted by atomic mass is 35.5. The number of carbonyl (C=O) groups is 2. The number of benzene rings is 2. The van der Waals surface area contributed by atoms with Gasteiger partial charge in [-0.2, -0.15) is 0 Å². The molecule has 180 valence electrons. The van der Waals surface area contributed by atoms with Crippen molar-refractivity contribution in [1.82, 2.24) is 4.57 Å². The number of rotatable bonds is 4. The molecule has 0 spiro atoms. The molecule has 0 unspecified atom stereocenters. The standard InChI is InChI=1S/C28H26Cl2N2O3/c1-15-9-16(2)11-22(10-15)32-19(5)26(28(34)35-6)23(27(32)33)13-20-12-17(3)31(18(20)4)25-14-21(29)7-8-24(25)30/h7-14H,1-6H3/b23-13-. The van der Waals surface area contributed by atoms with Crippen molar-refractivity contribution in [3.8, 4) is 5.69 Å². The van der Waals surface area contributed by atoms with Crippen LogP contribution in [0.25, 0.3) is 11.8 Å². The Morgan fingerprint density at radius 1 is 0.943 bits per heavy atom. The van der Waals surface area contributed by atoms with E-state index in [1.54, 1.807) is 36.1 Å². The number of anilines is 1. The number of aryl methyl sites for hydroxylation is 3. The van der Waals surface area contributed by atoms with Gasteiger partial charge in [0.1, 0.15) is 0 Å². The summed E-state index contributed by atoms with van der Waals surface area (Å²) in [4.78, 5) is 28.1. The van der Waals surface area contributed by atoms with Crippen molar-refractivity contribution in [1.29, 1.82) is 0 Å². The van der Waals surface area contributed by atoms with Crippen LogP contribution in [0.1, 0.15) is 35.0 Å². The molecule has 2 aromatic carbocycles. The van der Waals surface area contributed by atoms with Crippen molar-refractivity contribution >= 4 is 46.8 Å². The van der Waals surface area contributed by atoms with Crippen LogP contribution in [0.2, 0.25) is 10.0 Å². The van der Waals surface area contributed by atoms with Crippen LogP contribution in [-0.4, -0.2) is 23.6 Å². The molecule has 2 heterocycles. The molecule has 0 bridgehead atoms. The van der Waals surface area contributed by atoms with Gasteiger partial charge in [0.2, 0.25) is 0 Å². The minimum Gasteiger partial charge on any atom is -0.465 e. The highest BCUT2D eigenvalue weighted by Gasteiger charge is 2.38. The third kappa shape index (κ3) is 4.42. The second kappa shape index (κ2) is 9.40. The lowest BCUT2D eigenvalue weighted by Crippen LogP contribution is -2.24. The van der Waals surface area contributed by atoms with Crippen LogP contribution >= 0.6 is 23.2 Å². The van der Waals surface area contributed by atoms with Gasteiger partial charge in [0.25, 0.3) is 5.91 Å². The van der Waals surface area contributed by atoms with Crippen molar-refractivity contribution in [2.45, 2.75) is 34.6 Å². The molecule has 0 saturated heterocycles. The predicted octanol–water partition coefficient (Wildman–Crippen LogP) is 6.89. The molecule has 5 nitrogen and oxygen atoms in total. The smallest absolute Gasteiger partial charge is 0.340 e. The summed E-state index contributed by atoms with van der Waals surface area (Å²) < 4.78 is 7.04. The lowest BCUT2D eigenvalue weighted by atomic mass is 10.0. The summed E-state index contributed by atoms with van der Waals surface area (Å²) >= 11 is 12.7. The first kappa shape index (κ1) is 24.8. The Balaban J connectivity index is 1.88. The van der Waals surface area contributed by atoms with Gasteiger partial charge in [-0.05, 0) is 93.8 Å². The van der Waals surface area contributed by atoms with E-state index in [0.29, 0.717) is 21.4 Å². The van der Waals surface area contributed by atoms with E-state index >= 15 is 0 Å². The lowest BCUT2D eigenvalue weighted by molar-refractivity contribution is -0.136. The highest BCUT2D eigenvalue weighted by molar-refractivity contribution is 6.34. The van der Waals surface area contributed by atoms with E-state index < -0.39 is 5.97 Å². The molecule has 35 heavy (non-hydrogen) atoms. The number of halogens is 2. The van der Waals surface area contributed by atoms with Crippen molar-refractivity contribution in [3.05, 3.63) is 97.4 Å². The first-order valence-corrected chi connectivity index (χ1v) is 11.9. The van der Waals surface area contributed by atoms with Gasteiger partial charge in [-0.3, -0.25) is 9.69 Å². The van der Waals surface area contributed by atoms with Crippen LogP contribution in [-0.2, 0) is 14.3 Å². The number of allylic oxidation sites excluding steroid dienone is 1. The Labute approximate surface area is 215 Å². The monoisotopic (exact) mass is 508 g/mol. The van der Waals surface area contributed by atoms with E-state index in [0.717, 1.165) is 33.8 Å². The molecule has 0 aliphatic carbocycles. The molecule has 4 rings (SSSR count). The summed E-state index contributed by atoms with van der Waals surface area (Å²) in [6, 6.07) is 13.1. The van der Waals surface area contributed by atoms with Gasteiger partial charge < -0.3 is 9.30 Å². The van der Waals surface area contributed by atoms with Gasteiger partial charge in [-0.25, -0.2) is 4.79 Å². The van der Waals surface area contributed by atoms with E-state index in [1.807, 2.05) is 56.5 Å². The molecule has 0 fully saturated rings. The van der Waals surface area contributed by atoms with Crippen LogP contribution in [0.3, 0.4) is 0 Å². The summed E-state index contributed by atoms with van der Waals surface area (Å²) in [5.41, 5.74) is 7.14. The van der Waals surface area contributed by atoms with Gasteiger partial charge in [0.05, 0.1) is 29.0 Å². The van der Waals surface area contributed by atoms with Crippen LogP contribution in [0.5, 0.6) is 0 Å². The molecule has 3 aromatic rings. The van der Waals surface area contributed by atoms with Crippen LogP contribution in [0, 0.1) is 27.7 Å². The van der Waals surface area contributed by atoms with Gasteiger partial charge in [-0.1, -0.05) is 29.3 Å². The number of ether oxygens (including phenoxy) is 1. The Morgan fingerprint density at radius 2 is 1.60 bits per heavy atom. The minimum atomic E-state index is -0.555. The first-order chi connectivity index (χ1) is 16.5. The van der Waals surface area contributed by atoms with E-state index in [9.17, 15) is 9.59 Å². The first-order valence-electron chi connectivity index (χ1n) is 11.1. The molecular weight excluding hydrogens is 483 g/mol. The molecule has 0 radical (unpaired) electrons. The van der Waals surface area contributed by atoms with Crippen molar-refractivity contribution in [3.63, 3.8) is 0 Å². The summed E-state index contributed by atoms with van der Waals surface area (Å²) in [7, 11) is 1.32. The van der Waals surface area contributed by atoms with Crippen LogP contribution in [0.15, 0.2) is 59.3 Å². The van der Waals surface area contributed by atoms with Gasteiger partial charge in [0.15, 0.2) is 0 Å². The topological polar surface area (TPSA) is 51.5 Å². The van der Waals surface area contributed by atoms with Gasteiger partial charge in [-0.15, -0.1) is 0 Å². The molecule has 0 saturated carbocycles. The normalized spacial score (nSPS) is 14.9. The summed E-state index contributed by atoms with van der Waals surface area (Å²) in [6.45, 7) is 9.60. The highest BCUT2D eigenvalue weighted by Crippen LogP contribution is 2.37. The molecule has 7 heteroatoms. The fourth-order valence-electron chi connectivity index (χ4n) is 4.69. The summed E-state index contributed by atoms with van der Waals surface area (Å²) in [6.07, 6.45) is 1.75. The Kier molecular flexibility index (Phi) is 6.67. The number of hydrogen-bond donors (Lipinski definition) is 0. The average Bonchev–Trinajstić information content (AvgIpc) is 3.20. The molecule has 1 aliphatic heterocycles. The third-order valence-corrected chi connectivity index (χ3v) is 6.73. The molecule has 1 amide bonds. The number of nitrogens with zero attached hydrogens (tertiary/aromatic N) is 2. The van der Waals surface area contributed by atoms with E-state index in [2.05, 4.69) is 0 Å². The molecule has 1 aromatic heterocycles. The number of hydrogen-bond acceptors (Lipinski definition) is 3. The summed E-state index contributed by atoms with van der Waals surface area (Å²) in [5.74, 6) is -0.834. The largest absolute Gasteiger partial charge is 0.465 e. The summed E-state index contributed by atoms with van der Waals surface area (Å²) in [5, 5.41) is 1.12. The van der Waals surface area contributed by atoms with E-state index in [-0.39, 0.29) is 17.1 Å². The SMILES string of the molecule is COC(=O)C1=C(C)N(c2cc(C)cc(C)c2)C(=O)/C1=C\c1cc(C)n(-c2cc(Cl)ccc2Cl)c1C. The van der Waals surface area contributed by atoms with Crippen molar-refractivity contribution < 1.29 is 14.3 Å². The van der Waals surface area contributed by atoms with Crippen LogP contribution in [0.4, 0.5) is 5.69 Å². The van der Waals surface area contributed by atoms with E-state index in [4.69, 9.17) is 27.9 Å². The number of esters is 1. The Hall–Kier alpha value is -3.28. The minimum absolute atomic E-state index is 0.252.